The van der Waals surface area contributed by atoms with Crippen LogP contribution in [-0.4, -0.2) is 61.9 Å². The number of nitrogens with zero attached hydrogens (tertiary/aromatic N) is 2. The van der Waals surface area contributed by atoms with Crippen molar-refractivity contribution in [3.8, 4) is 0 Å². The molecule has 0 saturated carbocycles. The van der Waals surface area contributed by atoms with Gasteiger partial charge in [-0.15, -0.1) is 11.8 Å². The highest BCUT2D eigenvalue weighted by atomic mass is 32.2. The molecule has 1 fully saturated rings. The van der Waals surface area contributed by atoms with Crippen LogP contribution in [0.1, 0.15) is 21.5 Å². The summed E-state index contributed by atoms with van der Waals surface area (Å²) in [5.74, 6) is 0.382. The van der Waals surface area contributed by atoms with Crippen molar-refractivity contribution in [1.29, 1.82) is 0 Å². The van der Waals surface area contributed by atoms with Crippen LogP contribution >= 0.6 is 11.8 Å². The third-order valence-corrected chi connectivity index (χ3v) is 6.45. The molecule has 7 heteroatoms. The van der Waals surface area contributed by atoms with E-state index in [1.165, 1.54) is 17.3 Å². The maximum atomic E-state index is 12.7. The molecule has 0 aromatic heterocycles. The molecule has 2 aromatic rings. The number of thioether (sulfide) groups is 1. The van der Waals surface area contributed by atoms with E-state index in [1.54, 1.807) is 4.90 Å². The molecule has 158 valence electrons. The molecule has 0 bridgehead atoms. The first-order valence-electron chi connectivity index (χ1n) is 10.3. The van der Waals surface area contributed by atoms with Crippen LogP contribution in [0.25, 0.3) is 0 Å². The molecular weight excluding hydrogens is 398 g/mol. The fourth-order valence-corrected chi connectivity index (χ4v) is 4.68. The number of nitrogens with one attached hydrogen (secondary N) is 1. The fraction of sp³-hybridized carbons (Fsp3) is 0.391. The smallest absolute Gasteiger partial charge is 0.251 e. The normalized spacial score (nSPS) is 17.0. The van der Waals surface area contributed by atoms with E-state index in [0.717, 1.165) is 49.0 Å². The van der Waals surface area contributed by atoms with Crippen LogP contribution in [0.3, 0.4) is 0 Å². The van der Waals surface area contributed by atoms with Crippen molar-refractivity contribution < 1.29 is 14.3 Å². The molecule has 0 atom stereocenters. The summed E-state index contributed by atoms with van der Waals surface area (Å²) in [4.78, 5) is 30.5. The molecule has 2 aliphatic rings. The molecule has 1 N–H and O–H groups in total. The SMILES string of the molecule is Cc1cccc(CN2C(=O)CSc3ccc(C(=O)NCCN4CCOCC4)cc32)c1. The molecule has 0 radical (unpaired) electrons. The summed E-state index contributed by atoms with van der Waals surface area (Å²) in [6.45, 7) is 7.28. The van der Waals surface area contributed by atoms with Crippen LogP contribution in [0.5, 0.6) is 0 Å². The highest BCUT2D eigenvalue weighted by Gasteiger charge is 2.26. The van der Waals surface area contributed by atoms with Crippen molar-refractivity contribution in [3.63, 3.8) is 0 Å². The fourth-order valence-electron chi connectivity index (χ4n) is 3.76. The van der Waals surface area contributed by atoms with Gasteiger partial charge in [-0.3, -0.25) is 14.5 Å². The van der Waals surface area contributed by atoms with Gasteiger partial charge in [0.1, 0.15) is 0 Å². The third kappa shape index (κ3) is 5.03. The molecule has 0 aliphatic carbocycles. The maximum absolute atomic E-state index is 12.7. The highest BCUT2D eigenvalue weighted by molar-refractivity contribution is 8.00. The van der Waals surface area contributed by atoms with Gasteiger partial charge in [0.2, 0.25) is 5.91 Å². The lowest BCUT2D eigenvalue weighted by Crippen LogP contribution is -2.41. The van der Waals surface area contributed by atoms with E-state index < -0.39 is 0 Å². The van der Waals surface area contributed by atoms with Gasteiger partial charge >= 0.3 is 0 Å². The first-order valence-corrected chi connectivity index (χ1v) is 11.3. The monoisotopic (exact) mass is 425 g/mol. The number of aryl methyl sites for hydroxylation is 1. The summed E-state index contributed by atoms with van der Waals surface area (Å²) in [5, 5.41) is 3.00. The predicted molar refractivity (Wildman–Crippen MR) is 119 cm³/mol. The van der Waals surface area contributed by atoms with Gasteiger partial charge in [0.15, 0.2) is 0 Å². The quantitative estimate of drug-likeness (QED) is 0.771. The molecule has 2 amide bonds. The van der Waals surface area contributed by atoms with E-state index in [0.29, 0.717) is 24.4 Å². The van der Waals surface area contributed by atoms with Gasteiger partial charge in [-0.2, -0.15) is 0 Å². The Kier molecular flexibility index (Phi) is 6.72. The largest absolute Gasteiger partial charge is 0.379 e. The van der Waals surface area contributed by atoms with Crippen molar-refractivity contribution >= 4 is 29.3 Å². The van der Waals surface area contributed by atoms with Gasteiger partial charge in [-0.1, -0.05) is 29.8 Å². The number of hydrogen-bond donors (Lipinski definition) is 1. The summed E-state index contributed by atoms with van der Waals surface area (Å²) in [6.07, 6.45) is 0. The molecular formula is C23H27N3O3S. The predicted octanol–water partition coefficient (Wildman–Crippen LogP) is 2.70. The lowest BCUT2D eigenvalue weighted by Gasteiger charge is -2.29. The zero-order valence-electron chi connectivity index (χ0n) is 17.2. The zero-order chi connectivity index (χ0) is 20.9. The Morgan fingerprint density at radius 2 is 2.00 bits per heavy atom. The van der Waals surface area contributed by atoms with Crippen molar-refractivity contribution in [2.45, 2.75) is 18.4 Å². The number of benzene rings is 2. The van der Waals surface area contributed by atoms with Gasteiger partial charge in [0.05, 0.1) is 31.2 Å². The Morgan fingerprint density at radius 1 is 1.17 bits per heavy atom. The summed E-state index contributed by atoms with van der Waals surface area (Å²) in [6, 6.07) is 13.8. The van der Waals surface area contributed by atoms with Crippen LogP contribution in [0.2, 0.25) is 0 Å². The standard InChI is InChI=1S/C23H27N3O3S/c1-17-3-2-4-18(13-17)15-26-20-14-19(5-6-21(20)30-16-22(26)27)23(28)24-7-8-25-9-11-29-12-10-25/h2-6,13-14H,7-12,15-16H2,1H3,(H,24,28). The number of morpholine rings is 1. The zero-order valence-corrected chi connectivity index (χ0v) is 18.0. The number of rotatable bonds is 6. The van der Waals surface area contributed by atoms with Gasteiger partial charge in [-0.05, 0) is 30.7 Å². The van der Waals surface area contributed by atoms with Gasteiger partial charge in [-0.25, -0.2) is 0 Å². The molecule has 2 aromatic carbocycles. The molecule has 2 heterocycles. The van der Waals surface area contributed by atoms with E-state index in [9.17, 15) is 9.59 Å². The highest BCUT2D eigenvalue weighted by Crippen LogP contribution is 2.37. The number of amides is 2. The Labute approximate surface area is 181 Å². The number of anilines is 1. The van der Waals surface area contributed by atoms with E-state index >= 15 is 0 Å². The number of hydrogen-bond acceptors (Lipinski definition) is 5. The number of fused-ring (bicyclic) bond motifs is 1. The minimum Gasteiger partial charge on any atom is -0.379 e. The van der Waals surface area contributed by atoms with Crippen LogP contribution in [0, 0.1) is 6.92 Å². The second kappa shape index (κ2) is 9.64. The van der Waals surface area contributed by atoms with E-state index in [-0.39, 0.29) is 11.8 Å². The second-order valence-electron chi connectivity index (χ2n) is 7.65. The molecule has 0 spiro atoms. The Morgan fingerprint density at radius 3 is 2.80 bits per heavy atom. The van der Waals surface area contributed by atoms with Gasteiger partial charge in [0, 0.05) is 36.6 Å². The lowest BCUT2D eigenvalue weighted by molar-refractivity contribution is -0.116. The molecule has 6 nitrogen and oxygen atoms in total. The second-order valence-corrected chi connectivity index (χ2v) is 8.67. The average Bonchev–Trinajstić information content (AvgIpc) is 2.76. The Balaban J connectivity index is 1.45. The summed E-state index contributed by atoms with van der Waals surface area (Å²) < 4.78 is 5.35. The van der Waals surface area contributed by atoms with Crippen molar-refractivity contribution in [3.05, 3.63) is 59.2 Å². The van der Waals surface area contributed by atoms with Crippen LogP contribution in [0.15, 0.2) is 47.4 Å². The Hall–Kier alpha value is -2.35. The summed E-state index contributed by atoms with van der Waals surface area (Å²) in [7, 11) is 0. The van der Waals surface area contributed by atoms with E-state index in [2.05, 4.69) is 16.3 Å². The number of carbonyl (C=O) groups excluding carboxylic acids is 2. The van der Waals surface area contributed by atoms with Gasteiger partial charge in [0.25, 0.3) is 5.91 Å². The summed E-state index contributed by atoms with van der Waals surface area (Å²) >= 11 is 1.53. The first-order chi connectivity index (χ1) is 14.6. The van der Waals surface area contributed by atoms with E-state index in [1.807, 2.05) is 43.3 Å². The topological polar surface area (TPSA) is 61.9 Å². The number of ether oxygens (including phenoxy) is 1. The molecule has 30 heavy (non-hydrogen) atoms. The van der Waals surface area contributed by atoms with Crippen LogP contribution in [0.4, 0.5) is 5.69 Å². The number of carbonyl (C=O) groups is 2. The van der Waals surface area contributed by atoms with E-state index in [4.69, 9.17) is 4.74 Å². The first kappa shape index (κ1) is 20.9. The summed E-state index contributed by atoms with van der Waals surface area (Å²) in [5.41, 5.74) is 3.65. The molecule has 1 saturated heterocycles. The molecule has 4 rings (SSSR count). The third-order valence-electron chi connectivity index (χ3n) is 5.40. The van der Waals surface area contributed by atoms with Crippen LogP contribution < -0.4 is 10.2 Å². The Bertz CT molecular complexity index is 928. The average molecular weight is 426 g/mol. The maximum Gasteiger partial charge on any atom is 0.251 e. The minimum absolute atomic E-state index is 0.0684. The van der Waals surface area contributed by atoms with Crippen LogP contribution in [-0.2, 0) is 16.1 Å². The molecule has 2 aliphatic heterocycles. The minimum atomic E-state index is -0.107. The van der Waals surface area contributed by atoms with Gasteiger partial charge < -0.3 is 15.0 Å². The molecule has 0 unspecified atom stereocenters. The van der Waals surface area contributed by atoms with Crippen molar-refractivity contribution in [1.82, 2.24) is 10.2 Å². The van der Waals surface area contributed by atoms with Crippen molar-refractivity contribution in [2.24, 2.45) is 0 Å². The lowest BCUT2D eigenvalue weighted by atomic mass is 10.1. The van der Waals surface area contributed by atoms with Crippen molar-refractivity contribution in [2.75, 3.05) is 50.0 Å².